The lowest BCUT2D eigenvalue weighted by atomic mass is 9.88. The Kier molecular flexibility index (Phi) is 6.33. The molecule has 1 amide bonds. The molecule has 2 bridgehead atoms. The number of methoxy groups -OCH3 is 4. The fraction of sp³-hybridized carbons (Fsp3) is 0.286. The molecule has 2 aliphatic heterocycles. The van der Waals surface area contributed by atoms with Crippen LogP contribution in [0, 0.1) is 0 Å². The van der Waals surface area contributed by atoms with Gasteiger partial charge >= 0.3 is 0 Å². The molecule has 0 aliphatic carbocycles. The van der Waals surface area contributed by atoms with Gasteiger partial charge in [-0.15, -0.1) is 0 Å². The van der Waals surface area contributed by atoms with E-state index in [1.807, 2.05) is 60.4 Å². The van der Waals surface area contributed by atoms with Crippen LogP contribution in [0.3, 0.4) is 0 Å². The molecule has 0 unspecified atom stereocenters. The fourth-order valence-corrected chi connectivity index (χ4v) is 5.65. The summed E-state index contributed by atoms with van der Waals surface area (Å²) in [5.74, 6) is 2.05. The van der Waals surface area contributed by atoms with Gasteiger partial charge < -0.3 is 23.7 Å². The zero-order valence-corrected chi connectivity index (χ0v) is 22.1. The van der Waals surface area contributed by atoms with Gasteiger partial charge in [-0.1, -0.05) is 30.3 Å². The highest BCUT2D eigenvalue weighted by Crippen LogP contribution is 2.52. The van der Waals surface area contributed by atoms with E-state index in [0.717, 1.165) is 11.3 Å². The van der Waals surface area contributed by atoms with Gasteiger partial charge in [-0.2, -0.15) is 0 Å². The van der Waals surface area contributed by atoms with Gasteiger partial charge in [0.2, 0.25) is 5.75 Å². The zero-order chi connectivity index (χ0) is 26.3. The maximum absolute atomic E-state index is 14.3. The van der Waals surface area contributed by atoms with Crippen LogP contribution in [0.2, 0.25) is 0 Å². The summed E-state index contributed by atoms with van der Waals surface area (Å²) >= 11 is 6.03. The van der Waals surface area contributed by atoms with E-state index in [2.05, 4.69) is 0 Å². The Balaban J connectivity index is 1.70. The van der Waals surface area contributed by atoms with E-state index >= 15 is 0 Å². The lowest BCUT2D eigenvalue weighted by Gasteiger charge is -2.55. The second-order valence-electron chi connectivity index (χ2n) is 8.92. The van der Waals surface area contributed by atoms with Crippen LogP contribution < -0.4 is 28.6 Å². The third-order valence-electron chi connectivity index (χ3n) is 6.81. The largest absolute Gasteiger partial charge is 0.493 e. The van der Waals surface area contributed by atoms with E-state index in [9.17, 15) is 4.79 Å². The molecule has 192 valence electrons. The Hall–Kier alpha value is -3.98. The molecular formula is C28H28N2O6S. The predicted octanol–water partition coefficient (Wildman–Crippen LogP) is 5.21. The van der Waals surface area contributed by atoms with E-state index in [-0.39, 0.29) is 11.9 Å². The van der Waals surface area contributed by atoms with Crippen LogP contribution in [0.4, 0.5) is 5.69 Å². The number of rotatable bonds is 6. The van der Waals surface area contributed by atoms with Crippen molar-refractivity contribution in [2.24, 2.45) is 0 Å². The molecule has 2 aliphatic rings. The molecule has 1 saturated heterocycles. The van der Waals surface area contributed by atoms with Crippen LogP contribution in [0.5, 0.6) is 28.7 Å². The first-order valence-electron chi connectivity index (χ1n) is 11.8. The molecule has 0 radical (unpaired) electrons. The standard InChI is InChI=1S/C28H28N2O6S/c1-28-16-20(19-12-9-13-21(32-2)24(19)36-28)29(27(37)30(28)18-10-7-6-8-11-18)26(31)17-14-22(33-3)25(35-5)23(15-17)34-4/h6-15,20H,16H2,1-5H3/t20-,28-/m0/s1. The van der Waals surface area contributed by atoms with Gasteiger partial charge in [0, 0.05) is 23.2 Å². The highest BCUT2D eigenvalue weighted by Gasteiger charge is 2.54. The SMILES string of the molecule is COc1cc(C(=O)N2C(=S)N(c3ccccc3)[C@]3(C)C[C@H]2c2cccc(OC)c2O3)cc(OC)c1OC. The zero-order valence-electron chi connectivity index (χ0n) is 21.3. The number of thiocarbonyl (C=S) groups is 1. The molecule has 5 rings (SSSR count). The number of hydrogen-bond acceptors (Lipinski definition) is 7. The Morgan fingerprint density at radius 1 is 0.919 bits per heavy atom. The van der Waals surface area contributed by atoms with Crippen molar-refractivity contribution in [3.05, 3.63) is 71.8 Å². The lowest BCUT2D eigenvalue weighted by molar-refractivity contribution is 0.0162. The van der Waals surface area contributed by atoms with Crippen molar-refractivity contribution in [1.29, 1.82) is 0 Å². The summed E-state index contributed by atoms with van der Waals surface area (Å²) in [7, 11) is 6.15. The number of nitrogens with zero attached hydrogens (tertiary/aromatic N) is 2. The number of amides is 1. The van der Waals surface area contributed by atoms with Crippen LogP contribution in [0.25, 0.3) is 0 Å². The van der Waals surface area contributed by atoms with Gasteiger partial charge in [0.1, 0.15) is 0 Å². The number of carbonyl (C=O) groups excluding carboxylic acids is 1. The summed E-state index contributed by atoms with van der Waals surface area (Å²) < 4.78 is 28.7. The second-order valence-corrected chi connectivity index (χ2v) is 9.28. The first kappa shape index (κ1) is 24.7. The van der Waals surface area contributed by atoms with Gasteiger partial charge in [-0.05, 0) is 49.5 Å². The molecule has 0 aromatic heterocycles. The monoisotopic (exact) mass is 520 g/mol. The van der Waals surface area contributed by atoms with Crippen molar-refractivity contribution in [1.82, 2.24) is 4.90 Å². The molecule has 1 fully saturated rings. The quantitative estimate of drug-likeness (QED) is 0.411. The lowest BCUT2D eigenvalue weighted by Crippen LogP contribution is -2.67. The average molecular weight is 521 g/mol. The van der Waals surface area contributed by atoms with Crippen molar-refractivity contribution in [3.63, 3.8) is 0 Å². The first-order valence-corrected chi connectivity index (χ1v) is 12.2. The Morgan fingerprint density at radius 2 is 1.57 bits per heavy atom. The Labute approximate surface area is 221 Å². The maximum atomic E-state index is 14.3. The molecule has 0 spiro atoms. The maximum Gasteiger partial charge on any atom is 0.260 e. The van der Waals surface area contributed by atoms with Crippen LogP contribution in [0.15, 0.2) is 60.7 Å². The minimum absolute atomic E-state index is 0.298. The normalized spacial score (nSPS) is 20.0. The van der Waals surface area contributed by atoms with Crippen molar-refractivity contribution in [2.75, 3.05) is 33.3 Å². The smallest absolute Gasteiger partial charge is 0.260 e. The summed E-state index contributed by atoms with van der Waals surface area (Å²) in [5.41, 5.74) is 1.14. The molecule has 9 heteroatoms. The van der Waals surface area contributed by atoms with Crippen LogP contribution in [-0.2, 0) is 0 Å². The second kappa shape index (κ2) is 9.48. The minimum atomic E-state index is -0.850. The third-order valence-corrected chi connectivity index (χ3v) is 7.19. The van der Waals surface area contributed by atoms with Gasteiger partial charge in [0.05, 0.1) is 34.5 Å². The number of benzene rings is 3. The first-order chi connectivity index (χ1) is 17.9. The molecule has 3 aromatic rings. The summed E-state index contributed by atoms with van der Waals surface area (Å²) in [4.78, 5) is 17.8. The Morgan fingerprint density at radius 3 is 2.16 bits per heavy atom. The minimum Gasteiger partial charge on any atom is -0.493 e. The van der Waals surface area contributed by atoms with Crippen LogP contribution in [-0.4, -0.2) is 50.1 Å². The third kappa shape index (κ3) is 3.90. The van der Waals surface area contributed by atoms with Crippen LogP contribution >= 0.6 is 12.2 Å². The fourth-order valence-electron chi connectivity index (χ4n) is 5.14. The van der Waals surface area contributed by atoms with Crippen molar-refractivity contribution < 1.29 is 28.5 Å². The molecule has 0 saturated carbocycles. The summed E-state index contributed by atoms with van der Waals surface area (Å²) in [6.07, 6.45) is 0.484. The van der Waals surface area contributed by atoms with E-state index < -0.39 is 5.72 Å². The van der Waals surface area contributed by atoms with Gasteiger partial charge in [0.15, 0.2) is 33.8 Å². The molecular weight excluding hydrogens is 492 g/mol. The molecule has 8 nitrogen and oxygen atoms in total. The number of anilines is 1. The van der Waals surface area contributed by atoms with E-state index in [1.54, 1.807) is 24.1 Å². The van der Waals surface area contributed by atoms with E-state index in [1.165, 1.54) is 21.3 Å². The van der Waals surface area contributed by atoms with E-state index in [4.69, 9.17) is 35.9 Å². The predicted molar refractivity (Wildman–Crippen MR) is 143 cm³/mol. The van der Waals surface area contributed by atoms with Gasteiger partial charge in [-0.3, -0.25) is 14.6 Å². The highest BCUT2D eigenvalue weighted by atomic mass is 32.1. The van der Waals surface area contributed by atoms with E-state index in [0.29, 0.717) is 45.8 Å². The molecule has 37 heavy (non-hydrogen) atoms. The number of ether oxygens (including phenoxy) is 5. The summed E-state index contributed by atoms with van der Waals surface area (Å²) in [6.45, 7) is 1.98. The molecule has 2 atom stereocenters. The molecule has 2 heterocycles. The van der Waals surface area contributed by atoms with Crippen LogP contribution in [0.1, 0.15) is 35.3 Å². The number of carbonyl (C=O) groups is 1. The molecule has 3 aromatic carbocycles. The van der Waals surface area contributed by atoms with Gasteiger partial charge in [-0.25, -0.2) is 0 Å². The van der Waals surface area contributed by atoms with Gasteiger partial charge in [0.25, 0.3) is 5.91 Å². The van der Waals surface area contributed by atoms with Crippen molar-refractivity contribution in [3.8, 4) is 28.7 Å². The number of hydrogen-bond donors (Lipinski definition) is 0. The topological polar surface area (TPSA) is 69.7 Å². The average Bonchev–Trinajstić information content (AvgIpc) is 2.91. The van der Waals surface area contributed by atoms with Crippen molar-refractivity contribution >= 4 is 28.9 Å². The highest BCUT2D eigenvalue weighted by molar-refractivity contribution is 7.80. The molecule has 0 N–H and O–H groups in total. The number of fused-ring (bicyclic) bond motifs is 4. The van der Waals surface area contributed by atoms with Crippen molar-refractivity contribution in [2.45, 2.75) is 25.1 Å². The summed E-state index contributed by atoms with van der Waals surface area (Å²) in [6, 6.07) is 18.2. The number of para-hydroxylation sites is 2. The summed E-state index contributed by atoms with van der Waals surface area (Å²) in [5, 5.41) is 0.331. The Bertz CT molecular complexity index is 1340.